The van der Waals surface area contributed by atoms with Crippen molar-refractivity contribution in [1.29, 1.82) is 0 Å². The zero-order chi connectivity index (χ0) is 13.6. The molecule has 0 saturated heterocycles. The largest absolute Gasteiger partial charge is 0.315 e. The molecule has 0 aromatic heterocycles. The summed E-state index contributed by atoms with van der Waals surface area (Å²) in [6.45, 7) is 7.07. The van der Waals surface area contributed by atoms with Crippen molar-refractivity contribution < 1.29 is 4.79 Å². The van der Waals surface area contributed by atoms with Crippen molar-refractivity contribution in [2.45, 2.75) is 18.4 Å². The average molecular weight is 253 g/mol. The highest BCUT2D eigenvalue weighted by Gasteiger charge is 2.50. The Morgan fingerprint density at radius 1 is 1.53 bits per heavy atom. The first-order valence-electron chi connectivity index (χ1n) is 6.00. The molecule has 1 fully saturated rings. The number of fused-ring (bicyclic) bond motifs is 3. The lowest BCUT2D eigenvalue weighted by molar-refractivity contribution is -0.119. The molecule has 6 nitrogen and oxygen atoms in total. The van der Waals surface area contributed by atoms with Crippen LogP contribution in [0.5, 0.6) is 0 Å². The first-order valence-corrected chi connectivity index (χ1v) is 6.00. The van der Waals surface area contributed by atoms with E-state index in [0.29, 0.717) is 5.69 Å². The van der Waals surface area contributed by atoms with Crippen molar-refractivity contribution in [3.63, 3.8) is 0 Å². The van der Waals surface area contributed by atoms with Crippen molar-refractivity contribution in [3.05, 3.63) is 45.6 Å². The van der Waals surface area contributed by atoms with Gasteiger partial charge in [-0.2, -0.15) is 0 Å². The molecule has 0 N–H and O–H groups in total. The first kappa shape index (κ1) is 11.6. The lowest BCUT2D eigenvalue weighted by Gasteiger charge is -2.21. The summed E-state index contributed by atoms with van der Waals surface area (Å²) < 4.78 is 0. The predicted octanol–water partition coefficient (Wildman–Crippen LogP) is 3.00. The maximum absolute atomic E-state index is 12.3. The van der Waals surface area contributed by atoms with E-state index in [-0.39, 0.29) is 17.7 Å². The minimum absolute atomic E-state index is 0.0769. The van der Waals surface area contributed by atoms with Gasteiger partial charge in [-0.3, -0.25) is 4.79 Å². The Morgan fingerprint density at radius 3 is 3.00 bits per heavy atom. The van der Waals surface area contributed by atoms with Crippen LogP contribution in [0.15, 0.2) is 23.3 Å². The first-order chi connectivity index (χ1) is 9.17. The number of carbonyl (C=O) groups excluding carboxylic acids is 1. The third-order valence-electron chi connectivity index (χ3n) is 3.91. The van der Waals surface area contributed by atoms with E-state index in [9.17, 15) is 4.79 Å². The molecule has 6 heteroatoms. The monoisotopic (exact) mass is 253 g/mol. The second kappa shape index (κ2) is 4.01. The van der Waals surface area contributed by atoms with Gasteiger partial charge in [0.2, 0.25) is 5.91 Å². The van der Waals surface area contributed by atoms with E-state index in [0.717, 1.165) is 17.7 Å². The second-order valence-electron chi connectivity index (χ2n) is 4.91. The van der Waals surface area contributed by atoms with Gasteiger partial charge in [0, 0.05) is 17.6 Å². The van der Waals surface area contributed by atoms with E-state index >= 15 is 0 Å². The van der Waals surface area contributed by atoms with Crippen LogP contribution in [0.25, 0.3) is 15.3 Å². The third kappa shape index (κ3) is 1.64. The standard InChI is InChI=1S/C13H11N5O/c1-15-7-3-4-11-9(5-7)8-6-10(8)12(16-17-14)13(19)18(11)2/h3-5,8,10,12H,6H2,2H3/t8-,10?,12-/m0/s1. The van der Waals surface area contributed by atoms with Gasteiger partial charge in [-0.1, -0.05) is 17.2 Å². The second-order valence-corrected chi connectivity index (χ2v) is 4.91. The van der Waals surface area contributed by atoms with Crippen molar-refractivity contribution in [1.82, 2.24) is 0 Å². The Balaban J connectivity index is 2.12. The number of hydrogen-bond acceptors (Lipinski definition) is 2. The van der Waals surface area contributed by atoms with Crippen LogP contribution in [-0.2, 0) is 4.79 Å². The number of likely N-dealkylation sites (N-methyl/N-ethyl adjacent to an activating group) is 1. The molecule has 3 atom stereocenters. The topological polar surface area (TPSA) is 73.4 Å². The van der Waals surface area contributed by atoms with Crippen molar-refractivity contribution in [3.8, 4) is 0 Å². The van der Waals surface area contributed by atoms with Gasteiger partial charge in [0.15, 0.2) is 5.69 Å². The minimum atomic E-state index is -0.621. The van der Waals surface area contributed by atoms with Gasteiger partial charge < -0.3 is 4.90 Å². The van der Waals surface area contributed by atoms with Gasteiger partial charge in [0.25, 0.3) is 0 Å². The molecule has 0 bridgehead atoms. The fraction of sp³-hybridized carbons (Fsp3) is 0.385. The molecule has 1 aromatic rings. The van der Waals surface area contributed by atoms with Crippen molar-refractivity contribution in [2.24, 2.45) is 11.0 Å². The third-order valence-corrected chi connectivity index (χ3v) is 3.91. The molecule has 1 aromatic carbocycles. The maximum Gasteiger partial charge on any atom is 0.236 e. The van der Waals surface area contributed by atoms with Gasteiger partial charge in [0.1, 0.15) is 6.04 Å². The Kier molecular flexibility index (Phi) is 2.44. The number of rotatable bonds is 1. The molecule has 3 rings (SSSR count). The summed E-state index contributed by atoms with van der Waals surface area (Å²) in [7, 11) is 1.68. The van der Waals surface area contributed by atoms with E-state index in [2.05, 4.69) is 14.9 Å². The lowest BCUT2D eigenvalue weighted by Crippen LogP contribution is -2.35. The summed E-state index contributed by atoms with van der Waals surface area (Å²) in [6, 6.07) is 4.73. The van der Waals surface area contributed by atoms with Crippen LogP contribution < -0.4 is 4.90 Å². The summed E-state index contributed by atoms with van der Waals surface area (Å²) in [5.41, 5.74) is 11.0. The molecule has 1 aliphatic heterocycles. The Morgan fingerprint density at radius 2 is 2.32 bits per heavy atom. The van der Waals surface area contributed by atoms with Gasteiger partial charge in [-0.05, 0) is 35.4 Å². The van der Waals surface area contributed by atoms with Crippen LogP contribution in [0.4, 0.5) is 11.4 Å². The summed E-state index contributed by atoms with van der Waals surface area (Å²) in [5, 5.41) is 3.65. The normalized spacial score (nSPS) is 27.5. The molecule has 0 spiro atoms. The molecule has 1 heterocycles. The molecule has 19 heavy (non-hydrogen) atoms. The van der Waals surface area contributed by atoms with Gasteiger partial charge in [0.05, 0.1) is 6.57 Å². The number of anilines is 1. The lowest BCUT2D eigenvalue weighted by atomic mass is 10.1. The molecular weight excluding hydrogens is 242 g/mol. The zero-order valence-electron chi connectivity index (χ0n) is 10.3. The van der Waals surface area contributed by atoms with Crippen LogP contribution in [0, 0.1) is 12.5 Å². The molecular formula is C13H11N5O. The summed E-state index contributed by atoms with van der Waals surface area (Å²) in [5.74, 6) is 0.133. The Labute approximate surface area is 110 Å². The minimum Gasteiger partial charge on any atom is -0.315 e. The smallest absolute Gasteiger partial charge is 0.236 e. The number of nitrogens with zero attached hydrogens (tertiary/aromatic N) is 5. The summed E-state index contributed by atoms with van der Waals surface area (Å²) in [6.07, 6.45) is 0.845. The fourth-order valence-electron chi connectivity index (χ4n) is 2.83. The van der Waals surface area contributed by atoms with Crippen LogP contribution in [0.1, 0.15) is 17.9 Å². The predicted molar refractivity (Wildman–Crippen MR) is 69.9 cm³/mol. The van der Waals surface area contributed by atoms with Crippen molar-refractivity contribution >= 4 is 17.3 Å². The molecule has 1 unspecified atom stereocenters. The fourth-order valence-corrected chi connectivity index (χ4v) is 2.83. The number of benzene rings is 1. The molecule has 0 radical (unpaired) electrons. The molecule has 1 saturated carbocycles. The average Bonchev–Trinajstić information content (AvgIpc) is 3.22. The van der Waals surface area contributed by atoms with Gasteiger partial charge in [-0.15, -0.1) is 0 Å². The number of amides is 1. The Bertz CT molecular complexity index is 655. The van der Waals surface area contributed by atoms with E-state index in [4.69, 9.17) is 12.1 Å². The van der Waals surface area contributed by atoms with E-state index in [1.54, 1.807) is 19.2 Å². The van der Waals surface area contributed by atoms with E-state index in [1.165, 1.54) is 4.90 Å². The van der Waals surface area contributed by atoms with E-state index < -0.39 is 6.04 Å². The highest BCUT2D eigenvalue weighted by atomic mass is 16.2. The van der Waals surface area contributed by atoms with Crippen LogP contribution >= 0.6 is 0 Å². The highest BCUT2D eigenvalue weighted by molar-refractivity contribution is 5.99. The number of carbonyl (C=O) groups is 1. The summed E-state index contributed by atoms with van der Waals surface area (Å²) in [4.78, 5) is 20.0. The zero-order valence-corrected chi connectivity index (χ0v) is 10.3. The van der Waals surface area contributed by atoms with Crippen molar-refractivity contribution in [2.75, 3.05) is 11.9 Å². The Hall–Kier alpha value is -2.51. The van der Waals surface area contributed by atoms with Gasteiger partial charge in [-0.25, -0.2) is 4.85 Å². The number of azide groups is 1. The quantitative estimate of drug-likeness (QED) is 0.328. The molecule has 1 aliphatic carbocycles. The summed E-state index contributed by atoms with van der Waals surface area (Å²) >= 11 is 0. The van der Waals surface area contributed by atoms with Crippen LogP contribution in [0.2, 0.25) is 0 Å². The molecule has 2 aliphatic rings. The maximum atomic E-state index is 12.3. The SMILES string of the molecule is [C-]#[N+]c1ccc2c(c1)[C@@H]1CC1[C@H](N=[N+]=[N-])C(=O)N2C. The van der Waals surface area contributed by atoms with E-state index in [1.807, 2.05) is 6.07 Å². The number of hydrogen-bond donors (Lipinski definition) is 0. The molecule has 94 valence electrons. The van der Waals surface area contributed by atoms with Crippen LogP contribution in [0.3, 0.4) is 0 Å². The van der Waals surface area contributed by atoms with Gasteiger partial charge >= 0.3 is 0 Å². The van der Waals surface area contributed by atoms with Crippen LogP contribution in [-0.4, -0.2) is 19.0 Å². The molecule has 1 amide bonds. The highest BCUT2D eigenvalue weighted by Crippen LogP contribution is 2.55.